The Bertz CT molecular complexity index is 1460. The first-order valence-electron chi connectivity index (χ1n) is 10.7. The summed E-state index contributed by atoms with van der Waals surface area (Å²) < 4.78 is 7.25. The van der Waals surface area contributed by atoms with E-state index in [1.54, 1.807) is 7.11 Å². The molecule has 0 bridgehead atoms. The van der Waals surface area contributed by atoms with E-state index in [4.69, 9.17) is 20.1 Å². The van der Waals surface area contributed by atoms with Gasteiger partial charge in [0.15, 0.2) is 5.65 Å². The van der Waals surface area contributed by atoms with Crippen LogP contribution in [0.2, 0.25) is 0 Å². The number of aromatic nitrogens is 3. The third-order valence-corrected chi connectivity index (χ3v) is 5.72. The second-order valence-corrected chi connectivity index (χ2v) is 7.98. The minimum atomic E-state index is 0.593. The molecule has 5 nitrogen and oxygen atoms in total. The van der Waals surface area contributed by atoms with Gasteiger partial charge in [0.1, 0.15) is 11.4 Å². The Morgan fingerprint density at radius 1 is 0.848 bits per heavy atom. The Kier molecular flexibility index (Phi) is 5.34. The molecule has 2 aromatic heterocycles. The molecule has 5 rings (SSSR count). The van der Waals surface area contributed by atoms with Gasteiger partial charge < -0.3 is 4.74 Å². The first kappa shape index (κ1) is 20.5. The summed E-state index contributed by atoms with van der Waals surface area (Å²) in [4.78, 5) is 4.99. The summed E-state index contributed by atoms with van der Waals surface area (Å²) in [7, 11) is 1.67. The van der Waals surface area contributed by atoms with E-state index in [0.29, 0.717) is 12.1 Å². The van der Waals surface area contributed by atoms with Crippen molar-refractivity contribution in [1.82, 2.24) is 14.8 Å². The van der Waals surface area contributed by atoms with Crippen LogP contribution in [0.5, 0.6) is 5.75 Å². The molecule has 5 aromatic rings. The summed E-state index contributed by atoms with van der Waals surface area (Å²) in [5.41, 5.74) is 7.56. The lowest BCUT2D eigenvalue weighted by Crippen LogP contribution is -2.03. The molecule has 0 unspecified atom stereocenters. The molecule has 0 amide bonds. The van der Waals surface area contributed by atoms with Crippen molar-refractivity contribution in [3.8, 4) is 34.3 Å². The summed E-state index contributed by atoms with van der Waals surface area (Å²) >= 11 is 0. The molecule has 0 aliphatic heterocycles. The van der Waals surface area contributed by atoms with Gasteiger partial charge in [0.25, 0.3) is 0 Å². The number of rotatable bonds is 5. The van der Waals surface area contributed by atoms with E-state index in [1.165, 1.54) is 5.56 Å². The van der Waals surface area contributed by atoms with Crippen molar-refractivity contribution in [2.24, 2.45) is 0 Å². The highest BCUT2D eigenvalue weighted by Gasteiger charge is 2.15. The highest BCUT2D eigenvalue weighted by molar-refractivity contribution is 5.92. The van der Waals surface area contributed by atoms with Crippen LogP contribution >= 0.6 is 0 Å². The fourth-order valence-electron chi connectivity index (χ4n) is 3.87. The van der Waals surface area contributed by atoms with Gasteiger partial charge in [0.2, 0.25) is 0 Å². The van der Waals surface area contributed by atoms with Crippen LogP contribution in [0.15, 0.2) is 84.9 Å². The molecule has 3 aromatic carbocycles. The van der Waals surface area contributed by atoms with Crippen molar-refractivity contribution in [1.29, 1.82) is 5.26 Å². The molecule has 5 heteroatoms. The number of nitrogens with zero attached hydrogens (tertiary/aromatic N) is 4. The lowest BCUT2D eigenvalue weighted by Gasteiger charge is -2.06. The van der Waals surface area contributed by atoms with E-state index < -0.39 is 0 Å². The predicted octanol–water partition coefficient (Wildman–Crippen LogP) is 6.00. The van der Waals surface area contributed by atoms with E-state index in [9.17, 15) is 0 Å². The van der Waals surface area contributed by atoms with Gasteiger partial charge in [-0.3, -0.25) is 0 Å². The number of aryl methyl sites for hydroxylation is 1. The molecule has 0 aliphatic rings. The van der Waals surface area contributed by atoms with E-state index in [1.807, 2.05) is 59.3 Å². The smallest absolute Gasteiger partial charge is 0.159 e. The highest BCUT2D eigenvalue weighted by Crippen LogP contribution is 2.30. The minimum absolute atomic E-state index is 0.593. The van der Waals surface area contributed by atoms with Crippen molar-refractivity contribution in [2.75, 3.05) is 7.11 Å². The van der Waals surface area contributed by atoms with Crippen LogP contribution in [0.4, 0.5) is 0 Å². The van der Waals surface area contributed by atoms with E-state index in [-0.39, 0.29) is 0 Å². The van der Waals surface area contributed by atoms with Crippen molar-refractivity contribution in [2.45, 2.75) is 13.5 Å². The number of methoxy groups -OCH3 is 1. The molecule has 160 valence electrons. The first-order valence-corrected chi connectivity index (χ1v) is 10.7. The van der Waals surface area contributed by atoms with Crippen molar-refractivity contribution in [3.05, 3.63) is 102 Å². The first-order chi connectivity index (χ1) is 16.1. The zero-order valence-corrected chi connectivity index (χ0v) is 18.5. The van der Waals surface area contributed by atoms with Gasteiger partial charge in [-0.15, -0.1) is 0 Å². The number of hydrogen-bond acceptors (Lipinski definition) is 4. The Morgan fingerprint density at radius 3 is 2.21 bits per heavy atom. The third kappa shape index (κ3) is 4.07. The third-order valence-electron chi connectivity index (χ3n) is 5.72. The molecule has 0 aliphatic carbocycles. The van der Waals surface area contributed by atoms with Crippen LogP contribution in [0, 0.1) is 18.3 Å². The SMILES string of the molecule is COc1ccc(Cn2nc(-c3ccc(C)cc3)c3ccc(-c4ccc(C#N)cc4)nc32)cc1. The maximum absolute atomic E-state index is 9.09. The molecule has 0 fully saturated rings. The summed E-state index contributed by atoms with van der Waals surface area (Å²) in [5.74, 6) is 0.825. The van der Waals surface area contributed by atoms with Gasteiger partial charge in [-0.2, -0.15) is 10.4 Å². The number of benzene rings is 3. The van der Waals surface area contributed by atoms with Gasteiger partial charge in [-0.05, 0) is 48.9 Å². The number of fused-ring (bicyclic) bond motifs is 1. The molecule has 2 heterocycles. The van der Waals surface area contributed by atoms with Crippen LogP contribution in [0.1, 0.15) is 16.7 Å². The molecule has 0 spiro atoms. The van der Waals surface area contributed by atoms with Crippen LogP contribution in [0.3, 0.4) is 0 Å². The molecule has 0 saturated carbocycles. The number of hydrogen-bond donors (Lipinski definition) is 0. The van der Waals surface area contributed by atoms with Crippen molar-refractivity contribution < 1.29 is 4.74 Å². The lowest BCUT2D eigenvalue weighted by molar-refractivity contribution is 0.414. The summed E-state index contributed by atoms with van der Waals surface area (Å²) in [5, 5.41) is 15.1. The largest absolute Gasteiger partial charge is 0.497 e. The molecule has 33 heavy (non-hydrogen) atoms. The fraction of sp³-hybridized carbons (Fsp3) is 0.107. The average Bonchev–Trinajstić information content (AvgIpc) is 3.22. The zero-order valence-electron chi connectivity index (χ0n) is 18.5. The van der Waals surface area contributed by atoms with Crippen LogP contribution in [0.25, 0.3) is 33.5 Å². The fourth-order valence-corrected chi connectivity index (χ4v) is 3.87. The molecular weight excluding hydrogens is 408 g/mol. The maximum Gasteiger partial charge on any atom is 0.159 e. The van der Waals surface area contributed by atoms with Gasteiger partial charge in [-0.25, -0.2) is 9.67 Å². The van der Waals surface area contributed by atoms with E-state index in [2.05, 4.69) is 43.3 Å². The van der Waals surface area contributed by atoms with Gasteiger partial charge in [-0.1, -0.05) is 54.1 Å². The number of nitriles is 1. The van der Waals surface area contributed by atoms with E-state index >= 15 is 0 Å². The predicted molar refractivity (Wildman–Crippen MR) is 130 cm³/mol. The zero-order chi connectivity index (χ0) is 22.8. The average molecular weight is 431 g/mol. The van der Waals surface area contributed by atoms with Crippen LogP contribution in [-0.2, 0) is 6.54 Å². The lowest BCUT2D eigenvalue weighted by atomic mass is 10.1. The van der Waals surface area contributed by atoms with Gasteiger partial charge in [0.05, 0.1) is 31.0 Å². The second-order valence-electron chi connectivity index (χ2n) is 7.98. The monoisotopic (exact) mass is 430 g/mol. The highest BCUT2D eigenvalue weighted by atomic mass is 16.5. The Balaban J connectivity index is 1.63. The summed E-state index contributed by atoms with van der Waals surface area (Å²) in [6.45, 7) is 2.67. The quantitative estimate of drug-likeness (QED) is 0.343. The van der Waals surface area contributed by atoms with Crippen LogP contribution < -0.4 is 4.74 Å². The summed E-state index contributed by atoms with van der Waals surface area (Å²) in [6.07, 6.45) is 0. The normalized spacial score (nSPS) is 10.8. The van der Waals surface area contributed by atoms with Crippen molar-refractivity contribution in [3.63, 3.8) is 0 Å². The van der Waals surface area contributed by atoms with Gasteiger partial charge in [0, 0.05) is 16.5 Å². The Labute approximate surface area is 192 Å². The Hall–Kier alpha value is -4.43. The topological polar surface area (TPSA) is 63.7 Å². The number of ether oxygens (including phenoxy) is 1. The maximum atomic E-state index is 9.09. The standard InChI is InChI=1S/C28H22N4O/c1-19-3-9-23(10-4-19)27-25-15-16-26(22-11-5-20(17-29)6-12-22)30-28(25)32(31-27)18-21-7-13-24(33-2)14-8-21/h3-16H,18H2,1-2H3. The van der Waals surface area contributed by atoms with Gasteiger partial charge >= 0.3 is 0 Å². The van der Waals surface area contributed by atoms with Crippen LogP contribution in [-0.4, -0.2) is 21.9 Å². The number of pyridine rings is 1. The molecule has 0 atom stereocenters. The molecular formula is C28H22N4O. The summed E-state index contributed by atoms with van der Waals surface area (Å²) in [6, 6.07) is 30.1. The Morgan fingerprint density at radius 2 is 1.55 bits per heavy atom. The molecule has 0 saturated heterocycles. The molecule has 0 N–H and O–H groups in total. The minimum Gasteiger partial charge on any atom is -0.497 e. The van der Waals surface area contributed by atoms with Crippen molar-refractivity contribution >= 4 is 11.0 Å². The molecule has 0 radical (unpaired) electrons. The second kappa shape index (κ2) is 8.60. The van der Waals surface area contributed by atoms with E-state index in [0.717, 1.165) is 44.9 Å².